The van der Waals surface area contributed by atoms with E-state index < -0.39 is 5.91 Å². The maximum Gasteiger partial charge on any atom is 0.263 e. The average Bonchev–Trinajstić information content (AvgIpc) is 3.22. The van der Waals surface area contributed by atoms with Crippen LogP contribution in [0, 0.1) is 5.92 Å². The van der Waals surface area contributed by atoms with Crippen molar-refractivity contribution in [1.29, 1.82) is 0 Å². The molecule has 0 spiro atoms. The minimum Gasteiger partial charge on any atom is -0.376 e. The third kappa shape index (κ3) is 3.42. The lowest BCUT2D eigenvalue weighted by atomic mass is 9.89. The van der Waals surface area contributed by atoms with Gasteiger partial charge in [-0.3, -0.25) is 14.2 Å². The molecule has 2 aliphatic rings. The highest BCUT2D eigenvalue weighted by Gasteiger charge is 2.26. The largest absolute Gasteiger partial charge is 0.376 e. The van der Waals surface area contributed by atoms with E-state index in [4.69, 9.17) is 15.5 Å². The number of ether oxygens (including phenoxy) is 1. The fourth-order valence-corrected chi connectivity index (χ4v) is 5.98. The molecule has 0 saturated carbocycles. The number of carbonyl (C=O) groups excluding carboxylic acids is 1. The molecule has 1 fully saturated rings. The normalized spacial score (nSPS) is 22.7. The van der Waals surface area contributed by atoms with Gasteiger partial charge in [0.15, 0.2) is 5.16 Å². The third-order valence-corrected chi connectivity index (χ3v) is 7.28. The van der Waals surface area contributed by atoms with Gasteiger partial charge in [0.1, 0.15) is 4.83 Å². The van der Waals surface area contributed by atoms with Crippen LogP contribution in [0.4, 0.5) is 0 Å². The van der Waals surface area contributed by atoms with E-state index in [1.54, 1.807) is 15.9 Å². The molecule has 2 atom stereocenters. The van der Waals surface area contributed by atoms with E-state index in [-0.39, 0.29) is 17.4 Å². The van der Waals surface area contributed by atoms with Gasteiger partial charge in [0.2, 0.25) is 5.91 Å². The number of thiophene rings is 1. The summed E-state index contributed by atoms with van der Waals surface area (Å²) in [5, 5.41) is 1.35. The van der Waals surface area contributed by atoms with Gasteiger partial charge in [-0.2, -0.15) is 0 Å². The molecule has 2 aromatic rings. The van der Waals surface area contributed by atoms with Crippen LogP contribution in [0.25, 0.3) is 10.2 Å². The Morgan fingerprint density at radius 2 is 2.31 bits per heavy atom. The second-order valence-electron chi connectivity index (χ2n) is 7.23. The Morgan fingerprint density at radius 1 is 1.46 bits per heavy atom. The van der Waals surface area contributed by atoms with Crippen molar-refractivity contribution < 1.29 is 9.53 Å². The van der Waals surface area contributed by atoms with Gasteiger partial charge in [-0.1, -0.05) is 18.7 Å². The number of hydrogen-bond donors (Lipinski definition) is 1. The van der Waals surface area contributed by atoms with Crippen molar-refractivity contribution in [2.45, 2.75) is 56.8 Å². The first kappa shape index (κ1) is 18.0. The van der Waals surface area contributed by atoms with Crippen molar-refractivity contribution in [2.75, 3.05) is 12.4 Å². The van der Waals surface area contributed by atoms with Crippen molar-refractivity contribution in [3.63, 3.8) is 0 Å². The monoisotopic (exact) mass is 393 g/mol. The maximum atomic E-state index is 13.3. The van der Waals surface area contributed by atoms with E-state index in [0.717, 1.165) is 48.9 Å². The number of fused-ring (bicyclic) bond motifs is 3. The summed E-state index contributed by atoms with van der Waals surface area (Å²) < 4.78 is 7.43. The van der Waals surface area contributed by atoms with Gasteiger partial charge in [-0.15, -0.1) is 11.3 Å². The van der Waals surface area contributed by atoms with Gasteiger partial charge in [0, 0.05) is 11.5 Å². The quantitative estimate of drug-likeness (QED) is 0.622. The van der Waals surface area contributed by atoms with Crippen molar-refractivity contribution in [2.24, 2.45) is 11.7 Å². The van der Waals surface area contributed by atoms with Gasteiger partial charge < -0.3 is 10.5 Å². The summed E-state index contributed by atoms with van der Waals surface area (Å²) in [7, 11) is 0. The first-order valence-corrected chi connectivity index (χ1v) is 10.9. The molecule has 1 aliphatic heterocycles. The number of amides is 1. The first-order valence-electron chi connectivity index (χ1n) is 9.10. The number of nitrogens with two attached hydrogens (primary N) is 1. The van der Waals surface area contributed by atoms with E-state index in [1.807, 2.05) is 0 Å². The van der Waals surface area contributed by atoms with Crippen LogP contribution >= 0.6 is 23.1 Å². The zero-order chi connectivity index (χ0) is 18.3. The van der Waals surface area contributed by atoms with Crippen LogP contribution in [0.3, 0.4) is 0 Å². The van der Waals surface area contributed by atoms with Gasteiger partial charge in [-0.05, 0) is 43.6 Å². The molecule has 4 rings (SSSR count). The topological polar surface area (TPSA) is 87.2 Å². The van der Waals surface area contributed by atoms with Crippen LogP contribution in [-0.4, -0.2) is 33.9 Å². The number of carbonyl (C=O) groups is 1. The molecule has 0 aromatic carbocycles. The predicted molar refractivity (Wildman–Crippen MR) is 104 cm³/mol. The molecule has 140 valence electrons. The Labute approximate surface area is 160 Å². The fourth-order valence-electron chi connectivity index (χ4n) is 3.80. The second kappa shape index (κ2) is 7.32. The number of rotatable bonds is 5. The van der Waals surface area contributed by atoms with Gasteiger partial charge >= 0.3 is 0 Å². The molecule has 0 unspecified atom stereocenters. The van der Waals surface area contributed by atoms with Crippen LogP contribution < -0.4 is 11.3 Å². The second-order valence-corrected chi connectivity index (χ2v) is 9.26. The summed E-state index contributed by atoms with van der Waals surface area (Å²) >= 11 is 2.87. The van der Waals surface area contributed by atoms with Crippen LogP contribution in [0.5, 0.6) is 0 Å². The summed E-state index contributed by atoms with van der Waals surface area (Å²) in [5.41, 5.74) is 6.49. The molecule has 3 heterocycles. The first-order chi connectivity index (χ1) is 12.5. The fraction of sp³-hybridized carbons (Fsp3) is 0.611. The van der Waals surface area contributed by atoms with Crippen molar-refractivity contribution in [3.8, 4) is 0 Å². The van der Waals surface area contributed by atoms with E-state index in [9.17, 15) is 9.59 Å². The maximum absolute atomic E-state index is 13.3. The van der Waals surface area contributed by atoms with Crippen molar-refractivity contribution in [1.82, 2.24) is 9.55 Å². The summed E-state index contributed by atoms with van der Waals surface area (Å²) in [6.45, 7) is 3.49. The number of aromatic nitrogens is 2. The van der Waals surface area contributed by atoms with Crippen LogP contribution in [-0.2, 0) is 28.9 Å². The van der Waals surface area contributed by atoms with Gasteiger partial charge in [-0.25, -0.2) is 4.98 Å². The molecule has 1 amide bonds. The molecule has 26 heavy (non-hydrogen) atoms. The van der Waals surface area contributed by atoms with E-state index >= 15 is 0 Å². The summed E-state index contributed by atoms with van der Waals surface area (Å²) in [6, 6.07) is 0. The standard InChI is InChI=1S/C18H23N3O3S2/c1-10-4-5-12-13(7-10)26-16-15(12)17(23)21(8-11-3-2-6-24-11)18(20-16)25-9-14(19)22/h10-11H,2-9H2,1H3,(H2,19,22)/t10-,11+/m1/s1. The van der Waals surface area contributed by atoms with Crippen LogP contribution in [0.1, 0.15) is 36.6 Å². The van der Waals surface area contributed by atoms with E-state index in [1.165, 1.54) is 22.2 Å². The number of primary amides is 1. The molecular formula is C18H23N3O3S2. The number of thioether (sulfide) groups is 1. The zero-order valence-electron chi connectivity index (χ0n) is 14.8. The lowest BCUT2D eigenvalue weighted by Gasteiger charge is -2.18. The molecule has 0 bridgehead atoms. The van der Waals surface area contributed by atoms with Gasteiger partial charge in [0.05, 0.1) is 23.8 Å². The Bertz CT molecular complexity index is 899. The minimum absolute atomic E-state index is 0.00419. The third-order valence-electron chi connectivity index (χ3n) is 5.13. The Morgan fingerprint density at radius 3 is 3.04 bits per heavy atom. The van der Waals surface area contributed by atoms with E-state index in [0.29, 0.717) is 17.6 Å². The Hall–Kier alpha value is -1.38. The highest BCUT2D eigenvalue weighted by molar-refractivity contribution is 7.99. The number of aryl methyl sites for hydroxylation is 1. The Kier molecular flexibility index (Phi) is 5.07. The molecule has 8 heteroatoms. The predicted octanol–water partition coefficient (Wildman–Crippen LogP) is 2.34. The molecule has 6 nitrogen and oxygen atoms in total. The SMILES string of the molecule is C[C@@H]1CCc2c(sc3nc(SCC(N)=O)n(C[C@@H]4CCCO4)c(=O)c23)C1. The average molecular weight is 394 g/mol. The molecule has 1 aliphatic carbocycles. The van der Waals surface area contributed by atoms with E-state index in [2.05, 4.69) is 6.92 Å². The lowest BCUT2D eigenvalue weighted by molar-refractivity contribution is -0.115. The lowest BCUT2D eigenvalue weighted by Crippen LogP contribution is -2.29. The highest BCUT2D eigenvalue weighted by atomic mass is 32.2. The van der Waals surface area contributed by atoms with Crippen LogP contribution in [0.15, 0.2) is 9.95 Å². The molecule has 2 N–H and O–H groups in total. The number of nitrogens with zero attached hydrogens (tertiary/aromatic N) is 2. The number of hydrogen-bond acceptors (Lipinski definition) is 6. The zero-order valence-corrected chi connectivity index (χ0v) is 16.5. The smallest absolute Gasteiger partial charge is 0.263 e. The van der Waals surface area contributed by atoms with Crippen LogP contribution in [0.2, 0.25) is 0 Å². The van der Waals surface area contributed by atoms with Gasteiger partial charge in [0.25, 0.3) is 5.56 Å². The minimum atomic E-state index is -0.410. The summed E-state index contributed by atoms with van der Waals surface area (Å²) in [4.78, 5) is 31.4. The summed E-state index contributed by atoms with van der Waals surface area (Å²) in [5.74, 6) is 0.353. The van der Waals surface area contributed by atoms with Crippen molar-refractivity contribution >= 4 is 39.2 Å². The molecule has 2 aromatic heterocycles. The van der Waals surface area contributed by atoms with Crippen molar-refractivity contribution in [3.05, 3.63) is 20.8 Å². The molecular weight excluding hydrogens is 370 g/mol. The molecule has 1 saturated heterocycles. The summed E-state index contributed by atoms with van der Waals surface area (Å²) in [6.07, 6.45) is 5.08. The highest BCUT2D eigenvalue weighted by Crippen LogP contribution is 2.36. The molecule has 0 radical (unpaired) electrons. The Balaban J connectivity index is 1.81.